The number of allylic oxidation sites excluding steroid dienone is 1. The van der Waals surface area contributed by atoms with Crippen LogP contribution in [-0.4, -0.2) is 32.6 Å². The third kappa shape index (κ3) is 4.09. The summed E-state index contributed by atoms with van der Waals surface area (Å²) in [5, 5.41) is 9.17. The van der Waals surface area contributed by atoms with Crippen LogP contribution in [0.5, 0.6) is 0 Å². The molecule has 21 heavy (non-hydrogen) atoms. The van der Waals surface area contributed by atoms with E-state index in [2.05, 4.69) is 28.3 Å². The average Bonchev–Trinajstić information content (AvgIpc) is 3.23. The fraction of sp³-hybridized carbons (Fsp3) is 0.667. The largest absolute Gasteiger partial charge is 0.465 e. The maximum absolute atomic E-state index is 12.0. The Morgan fingerprint density at radius 1 is 1.52 bits per heavy atom. The lowest BCUT2D eigenvalue weighted by atomic mass is 10.2. The number of esters is 1. The van der Waals surface area contributed by atoms with E-state index in [1.807, 2.05) is 13.0 Å². The lowest BCUT2D eigenvalue weighted by Crippen LogP contribution is -2.21. The van der Waals surface area contributed by atoms with E-state index in [0.717, 1.165) is 23.8 Å². The summed E-state index contributed by atoms with van der Waals surface area (Å²) >= 11 is 1.46. The van der Waals surface area contributed by atoms with Crippen molar-refractivity contribution in [2.45, 2.75) is 62.4 Å². The van der Waals surface area contributed by atoms with Gasteiger partial charge in [0.1, 0.15) is 11.1 Å². The lowest BCUT2D eigenvalue weighted by molar-refractivity contribution is -0.142. The molecule has 1 aliphatic rings. The molecule has 1 saturated carbocycles. The molecule has 6 heteroatoms. The van der Waals surface area contributed by atoms with Gasteiger partial charge in [-0.2, -0.15) is 0 Å². The summed E-state index contributed by atoms with van der Waals surface area (Å²) in [6, 6.07) is 0. The Morgan fingerprint density at radius 2 is 2.29 bits per heavy atom. The zero-order chi connectivity index (χ0) is 15.2. The Labute approximate surface area is 130 Å². The second kappa shape index (κ2) is 7.64. The van der Waals surface area contributed by atoms with Gasteiger partial charge in [-0.1, -0.05) is 31.2 Å². The second-order valence-electron chi connectivity index (χ2n) is 5.16. The minimum atomic E-state index is -0.213. The van der Waals surface area contributed by atoms with Crippen LogP contribution in [0.1, 0.15) is 51.3 Å². The van der Waals surface area contributed by atoms with E-state index in [-0.39, 0.29) is 11.2 Å². The minimum absolute atomic E-state index is 0.162. The van der Waals surface area contributed by atoms with Gasteiger partial charge >= 0.3 is 5.97 Å². The van der Waals surface area contributed by atoms with Crippen molar-refractivity contribution in [3.8, 4) is 0 Å². The monoisotopic (exact) mass is 309 g/mol. The van der Waals surface area contributed by atoms with E-state index in [0.29, 0.717) is 19.1 Å². The molecule has 1 aromatic rings. The van der Waals surface area contributed by atoms with Crippen LogP contribution in [0.25, 0.3) is 0 Å². The molecule has 0 saturated heterocycles. The first-order valence-electron chi connectivity index (χ1n) is 7.58. The number of thioether (sulfide) groups is 1. The summed E-state index contributed by atoms with van der Waals surface area (Å²) in [5.74, 6) is 1.39. The van der Waals surface area contributed by atoms with Crippen LogP contribution < -0.4 is 0 Å². The first-order chi connectivity index (χ1) is 10.2. The van der Waals surface area contributed by atoms with E-state index in [1.54, 1.807) is 0 Å². The van der Waals surface area contributed by atoms with Crippen LogP contribution in [0.4, 0.5) is 0 Å². The third-order valence-electron chi connectivity index (χ3n) is 3.35. The number of rotatable bonds is 9. The van der Waals surface area contributed by atoms with Gasteiger partial charge < -0.3 is 9.30 Å². The standard InChI is InChI=1S/C15H23N3O2S/c1-4-7-12(14(19)20-6-3)21-15-17-16-13(11-8-9-11)18(15)10-5-2/h5,11-12H,2,4,6-10H2,1,3H3/t12-/m0/s1. The second-order valence-corrected chi connectivity index (χ2v) is 6.33. The molecule has 1 atom stereocenters. The van der Waals surface area contributed by atoms with Gasteiger partial charge in [-0.3, -0.25) is 4.79 Å². The lowest BCUT2D eigenvalue weighted by Gasteiger charge is -2.14. The first kappa shape index (κ1) is 16.1. The molecule has 0 spiro atoms. The number of carbonyl (C=O) groups excluding carboxylic acids is 1. The summed E-state index contributed by atoms with van der Waals surface area (Å²) in [4.78, 5) is 12.0. The molecule has 0 bridgehead atoms. The fourth-order valence-corrected chi connectivity index (χ4v) is 3.34. The average molecular weight is 309 g/mol. The zero-order valence-corrected chi connectivity index (χ0v) is 13.6. The van der Waals surface area contributed by atoms with Crippen LogP contribution in [0.15, 0.2) is 17.8 Å². The minimum Gasteiger partial charge on any atom is -0.465 e. The van der Waals surface area contributed by atoms with E-state index in [1.165, 1.54) is 24.6 Å². The highest BCUT2D eigenvalue weighted by molar-refractivity contribution is 8.00. The molecule has 116 valence electrons. The number of nitrogens with zero attached hydrogens (tertiary/aromatic N) is 3. The number of hydrogen-bond acceptors (Lipinski definition) is 5. The summed E-state index contributed by atoms with van der Waals surface area (Å²) in [6.07, 6.45) is 5.91. The molecule has 2 rings (SSSR count). The van der Waals surface area contributed by atoms with Gasteiger partial charge in [0.25, 0.3) is 0 Å². The quantitative estimate of drug-likeness (QED) is 0.398. The molecule has 1 aromatic heterocycles. The fourth-order valence-electron chi connectivity index (χ4n) is 2.18. The summed E-state index contributed by atoms with van der Waals surface area (Å²) in [6.45, 7) is 8.79. The van der Waals surface area contributed by atoms with Gasteiger partial charge in [0.2, 0.25) is 0 Å². The Bertz CT molecular complexity index is 497. The van der Waals surface area contributed by atoms with Crippen molar-refractivity contribution < 1.29 is 9.53 Å². The Balaban J connectivity index is 2.15. The van der Waals surface area contributed by atoms with Crippen LogP contribution in [0.2, 0.25) is 0 Å². The Hall–Kier alpha value is -1.30. The predicted octanol–water partition coefficient (Wildman–Crippen LogP) is 3.17. The van der Waals surface area contributed by atoms with Gasteiger partial charge in [-0.15, -0.1) is 16.8 Å². The number of carbonyl (C=O) groups is 1. The van der Waals surface area contributed by atoms with Gasteiger partial charge in [-0.25, -0.2) is 0 Å². The summed E-state index contributed by atoms with van der Waals surface area (Å²) < 4.78 is 7.24. The van der Waals surface area contributed by atoms with Crippen molar-refractivity contribution >= 4 is 17.7 Å². The van der Waals surface area contributed by atoms with Gasteiger partial charge in [0.15, 0.2) is 5.16 Å². The van der Waals surface area contributed by atoms with Crippen molar-refractivity contribution in [1.82, 2.24) is 14.8 Å². The van der Waals surface area contributed by atoms with E-state index >= 15 is 0 Å². The van der Waals surface area contributed by atoms with Gasteiger partial charge in [0.05, 0.1) is 6.61 Å². The molecular weight excluding hydrogens is 286 g/mol. The van der Waals surface area contributed by atoms with Gasteiger partial charge in [0, 0.05) is 12.5 Å². The summed E-state index contributed by atoms with van der Waals surface area (Å²) in [7, 11) is 0. The smallest absolute Gasteiger partial charge is 0.319 e. The van der Waals surface area contributed by atoms with Crippen LogP contribution in [0.3, 0.4) is 0 Å². The van der Waals surface area contributed by atoms with Crippen molar-refractivity contribution in [3.63, 3.8) is 0 Å². The van der Waals surface area contributed by atoms with Crippen LogP contribution in [-0.2, 0) is 16.1 Å². The molecule has 0 amide bonds. The van der Waals surface area contributed by atoms with Crippen molar-refractivity contribution in [2.24, 2.45) is 0 Å². The van der Waals surface area contributed by atoms with Crippen molar-refractivity contribution in [3.05, 3.63) is 18.5 Å². The molecule has 0 aromatic carbocycles. The topological polar surface area (TPSA) is 57.0 Å². The molecule has 1 aliphatic carbocycles. The van der Waals surface area contributed by atoms with Crippen LogP contribution >= 0.6 is 11.8 Å². The number of hydrogen-bond donors (Lipinski definition) is 0. The maximum Gasteiger partial charge on any atom is 0.319 e. The highest BCUT2D eigenvalue weighted by atomic mass is 32.2. The summed E-state index contributed by atoms with van der Waals surface area (Å²) in [5.41, 5.74) is 0. The third-order valence-corrected chi connectivity index (χ3v) is 4.57. The van der Waals surface area contributed by atoms with Crippen molar-refractivity contribution in [1.29, 1.82) is 0 Å². The molecule has 5 nitrogen and oxygen atoms in total. The Morgan fingerprint density at radius 3 is 2.86 bits per heavy atom. The van der Waals surface area contributed by atoms with Gasteiger partial charge in [-0.05, 0) is 26.2 Å². The number of ether oxygens (including phenoxy) is 1. The van der Waals surface area contributed by atoms with Crippen LogP contribution in [0, 0.1) is 0 Å². The predicted molar refractivity (Wildman–Crippen MR) is 83.4 cm³/mol. The zero-order valence-electron chi connectivity index (χ0n) is 12.7. The van der Waals surface area contributed by atoms with E-state index in [4.69, 9.17) is 4.74 Å². The highest BCUT2D eigenvalue weighted by Crippen LogP contribution is 2.40. The molecular formula is C15H23N3O2S. The van der Waals surface area contributed by atoms with Crippen molar-refractivity contribution in [2.75, 3.05) is 6.61 Å². The molecule has 0 N–H and O–H groups in total. The molecule has 1 heterocycles. The molecule has 1 fully saturated rings. The molecule has 0 aliphatic heterocycles. The molecule has 0 unspecified atom stereocenters. The SMILES string of the molecule is C=CCn1c(S[C@@H](CCC)C(=O)OCC)nnc1C1CC1. The number of aromatic nitrogens is 3. The van der Waals surface area contributed by atoms with E-state index in [9.17, 15) is 4.79 Å². The molecule has 0 radical (unpaired) electrons. The Kier molecular flexibility index (Phi) is 5.85. The highest BCUT2D eigenvalue weighted by Gasteiger charge is 2.31. The normalized spacial score (nSPS) is 15.7. The maximum atomic E-state index is 12.0. The van der Waals surface area contributed by atoms with E-state index < -0.39 is 0 Å². The first-order valence-corrected chi connectivity index (χ1v) is 8.46.